The third kappa shape index (κ3) is 1.24. The van der Waals surface area contributed by atoms with E-state index in [1.807, 2.05) is 0 Å². The summed E-state index contributed by atoms with van der Waals surface area (Å²) in [7, 11) is 2.20. The van der Waals surface area contributed by atoms with Gasteiger partial charge in [-0.3, -0.25) is 4.90 Å². The van der Waals surface area contributed by atoms with Crippen LogP contribution in [0.4, 0.5) is 0 Å². The fourth-order valence-corrected chi connectivity index (χ4v) is 1.42. The average molecular weight is 139 g/mol. The van der Waals surface area contributed by atoms with Crippen molar-refractivity contribution in [1.29, 1.82) is 0 Å². The summed E-state index contributed by atoms with van der Waals surface area (Å²) in [5, 5.41) is 0. The van der Waals surface area contributed by atoms with E-state index >= 15 is 0 Å². The molecule has 0 N–H and O–H groups in total. The highest BCUT2D eigenvalue weighted by Gasteiger charge is 2.17. The van der Waals surface area contributed by atoms with E-state index in [0.29, 0.717) is 6.04 Å². The quantitative estimate of drug-likeness (QED) is 0.464. The molecule has 1 heteroatoms. The minimum Gasteiger partial charge on any atom is -0.300 e. The summed E-state index contributed by atoms with van der Waals surface area (Å²) in [6, 6.07) is 0.661. The zero-order valence-corrected chi connectivity index (χ0v) is 7.44. The predicted octanol–water partition coefficient (Wildman–Crippen LogP) is 2.05. The van der Waals surface area contributed by atoms with Gasteiger partial charge < -0.3 is 0 Å². The molecular weight excluding hydrogens is 122 g/mol. The normalized spacial score (nSPS) is 29.4. The molecular formula is C9H17N. The molecule has 1 atom stereocenters. The summed E-state index contributed by atoms with van der Waals surface area (Å²) in [6.45, 7) is 8.00. The second-order valence-corrected chi connectivity index (χ2v) is 3.37. The number of likely N-dealkylation sites (N-methyl/N-ethyl adjacent to an activating group) is 1. The van der Waals surface area contributed by atoms with E-state index in [0.717, 1.165) is 0 Å². The number of nitrogens with zero attached hydrogens (tertiary/aromatic N) is 1. The second kappa shape index (κ2) is 2.75. The van der Waals surface area contributed by atoms with E-state index in [1.165, 1.54) is 13.0 Å². The first-order chi connectivity index (χ1) is 4.63. The topological polar surface area (TPSA) is 3.24 Å². The minimum absolute atomic E-state index is 0.661. The maximum atomic E-state index is 2.41. The van der Waals surface area contributed by atoms with Crippen LogP contribution in [0.2, 0.25) is 0 Å². The van der Waals surface area contributed by atoms with Gasteiger partial charge in [0, 0.05) is 12.6 Å². The van der Waals surface area contributed by atoms with Gasteiger partial charge in [-0.05, 0) is 34.2 Å². The standard InChI is InChI=1S/C9H17N/c1-7-5-6-10(4)9(3)8(7)2/h9H,5-6H2,1-4H3. The molecule has 0 radical (unpaired) electrons. The van der Waals surface area contributed by atoms with Gasteiger partial charge >= 0.3 is 0 Å². The smallest absolute Gasteiger partial charge is 0.0276 e. The summed E-state index contributed by atoms with van der Waals surface area (Å²) in [6.07, 6.45) is 1.26. The van der Waals surface area contributed by atoms with Gasteiger partial charge in [-0.2, -0.15) is 0 Å². The lowest BCUT2D eigenvalue weighted by atomic mass is 9.97. The lowest BCUT2D eigenvalue weighted by molar-refractivity contribution is 0.272. The average Bonchev–Trinajstić information content (AvgIpc) is 1.93. The largest absolute Gasteiger partial charge is 0.300 e. The Bertz CT molecular complexity index is 158. The van der Waals surface area contributed by atoms with Crippen LogP contribution in [0.1, 0.15) is 27.2 Å². The van der Waals surface area contributed by atoms with Gasteiger partial charge in [0.15, 0.2) is 0 Å². The third-order valence-corrected chi connectivity index (χ3v) is 2.80. The SMILES string of the molecule is CC1=C(C)C(C)N(C)CC1. The summed E-state index contributed by atoms with van der Waals surface area (Å²) in [5.41, 5.74) is 3.15. The van der Waals surface area contributed by atoms with Crippen molar-refractivity contribution in [2.75, 3.05) is 13.6 Å². The van der Waals surface area contributed by atoms with Crippen molar-refractivity contribution in [3.8, 4) is 0 Å². The van der Waals surface area contributed by atoms with Crippen LogP contribution in [0.15, 0.2) is 11.1 Å². The Morgan fingerprint density at radius 2 is 2.00 bits per heavy atom. The Morgan fingerprint density at radius 1 is 1.40 bits per heavy atom. The highest BCUT2D eigenvalue weighted by molar-refractivity contribution is 5.18. The van der Waals surface area contributed by atoms with E-state index in [4.69, 9.17) is 0 Å². The van der Waals surface area contributed by atoms with Crippen LogP contribution in [0.3, 0.4) is 0 Å². The molecule has 58 valence electrons. The van der Waals surface area contributed by atoms with E-state index in [1.54, 1.807) is 11.1 Å². The summed E-state index contributed by atoms with van der Waals surface area (Å²) in [5.74, 6) is 0. The Morgan fingerprint density at radius 3 is 2.50 bits per heavy atom. The van der Waals surface area contributed by atoms with Gasteiger partial charge in [0.05, 0.1) is 0 Å². The van der Waals surface area contributed by atoms with Crippen LogP contribution in [0.5, 0.6) is 0 Å². The molecule has 1 heterocycles. The molecule has 1 rings (SSSR count). The molecule has 10 heavy (non-hydrogen) atoms. The van der Waals surface area contributed by atoms with Crippen LogP contribution in [0, 0.1) is 0 Å². The summed E-state index contributed by atoms with van der Waals surface area (Å²) >= 11 is 0. The molecule has 0 saturated carbocycles. The number of hydrogen-bond donors (Lipinski definition) is 0. The van der Waals surface area contributed by atoms with E-state index < -0.39 is 0 Å². The van der Waals surface area contributed by atoms with Gasteiger partial charge in [0.25, 0.3) is 0 Å². The highest BCUT2D eigenvalue weighted by atomic mass is 15.1. The Balaban J connectivity index is 2.77. The molecule has 1 unspecified atom stereocenters. The predicted molar refractivity (Wildman–Crippen MR) is 45.1 cm³/mol. The van der Waals surface area contributed by atoms with Crippen molar-refractivity contribution in [3.63, 3.8) is 0 Å². The summed E-state index contributed by atoms with van der Waals surface area (Å²) < 4.78 is 0. The van der Waals surface area contributed by atoms with E-state index in [9.17, 15) is 0 Å². The van der Waals surface area contributed by atoms with Crippen molar-refractivity contribution >= 4 is 0 Å². The van der Waals surface area contributed by atoms with Crippen molar-refractivity contribution in [2.45, 2.75) is 33.2 Å². The molecule has 0 amide bonds. The van der Waals surface area contributed by atoms with Crippen molar-refractivity contribution in [1.82, 2.24) is 4.90 Å². The van der Waals surface area contributed by atoms with Crippen LogP contribution in [-0.2, 0) is 0 Å². The van der Waals surface area contributed by atoms with Crippen LogP contribution < -0.4 is 0 Å². The molecule has 0 aromatic carbocycles. The monoisotopic (exact) mass is 139 g/mol. The lowest BCUT2D eigenvalue weighted by Gasteiger charge is -2.31. The van der Waals surface area contributed by atoms with Crippen molar-refractivity contribution in [2.24, 2.45) is 0 Å². The molecule has 1 aliphatic rings. The first-order valence-corrected chi connectivity index (χ1v) is 3.99. The van der Waals surface area contributed by atoms with Gasteiger partial charge in [-0.25, -0.2) is 0 Å². The number of rotatable bonds is 0. The van der Waals surface area contributed by atoms with E-state index in [-0.39, 0.29) is 0 Å². The fraction of sp³-hybridized carbons (Fsp3) is 0.778. The van der Waals surface area contributed by atoms with Crippen molar-refractivity contribution in [3.05, 3.63) is 11.1 Å². The molecule has 1 nitrogen and oxygen atoms in total. The lowest BCUT2D eigenvalue weighted by Crippen LogP contribution is -2.34. The first kappa shape index (κ1) is 7.80. The summed E-state index contributed by atoms with van der Waals surface area (Å²) in [4.78, 5) is 2.41. The van der Waals surface area contributed by atoms with Gasteiger partial charge in [0.1, 0.15) is 0 Å². The fourth-order valence-electron chi connectivity index (χ4n) is 1.42. The molecule has 0 saturated heterocycles. The van der Waals surface area contributed by atoms with Gasteiger partial charge in [0.2, 0.25) is 0 Å². The maximum Gasteiger partial charge on any atom is 0.0276 e. The molecule has 1 aliphatic heterocycles. The molecule has 0 spiro atoms. The van der Waals surface area contributed by atoms with Crippen LogP contribution >= 0.6 is 0 Å². The van der Waals surface area contributed by atoms with Gasteiger partial charge in [-0.15, -0.1) is 0 Å². The molecule has 0 bridgehead atoms. The van der Waals surface area contributed by atoms with Crippen molar-refractivity contribution < 1.29 is 0 Å². The highest BCUT2D eigenvalue weighted by Crippen LogP contribution is 2.21. The Hall–Kier alpha value is -0.300. The van der Waals surface area contributed by atoms with Crippen LogP contribution in [0.25, 0.3) is 0 Å². The molecule has 0 aromatic rings. The molecule has 0 aromatic heterocycles. The Kier molecular flexibility index (Phi) is 2.14. The zero-order valence-electron chi connectivity index (χ0n) is 7.44. The number of hydrogen-bond acceptors (Lipinski definition) is 1. The van der Waals surface area contributed by atoms with Gasteiger partial charge in [-0.1, -0.05) is 11.1 Å². The maximum absolute atomic E-state index is 2.41. The minimum atomic E-state index is 0.661. The third-order valence-electron chi connectivity index (χ3n) is 2.80. The molecule has 0 aliphatic carbocycles. The molecule has 0 fully saturated rings. The van der Waals surface area contributed by atoms with E-state index in [2.05, 4.69) is 32.7 Å². The zero-order chi connectivity index (χ0) is 7.72. The Labute approximate surface area is 63.7 Å². The second-order valence-electron chi connectivity index (χ2n) is 3.37. The van der Waals surface area contributed by atoms with Crippen LogP contribution in [-0.4, -0.2) is 24.5 Å². The first-order valence-electron chi connectivity index (χ1n) is 3.99.